The summed E-state index contributed by atoms with van der Waals surface area (Å²) >= 11 is 0. The maximum Gasteiger partial charge on any atom is 0.310 e. The Bertz CT molecular complexity index is 849. The van der Waals surface area contributed by atoms with Gasteiger partial charge in [0.15, 0.2) is 0 Å². The van der Waals surface area contributed by atoms with Crippen molar-refractivity contribution in [1.82, 2.24) is 0 Å². The van der Waals surface area contributed by atoms with Crippen LogP contribution in [0.1, 0.15) is 61.6 Å². The maximum atomic E-state index is 12.8. The Morgan fingerprint density at radius 1 is 0.893 bits per heavy atom. The predicted octanol–water partition coefficient (Wildman–Crippen LogP) is 9.04. The second kappa shape index (κ2) is 6.90. The summed E-state index contributed by atoms with van der Waals surface area (Å²) in [4.78, 5) is -1.83. The van der Waals surface area contributed by atoms with Crippen LogP contribution in [0.5, 0.6) is 0 Å². The topological polar surface area (TPSA) is 0 Å². The summed E-state index contributed by atoms with van der Waals surface area (Å²) < 4.78 is 64.2. The molecule has 0 saturated heterocycles. The van der Waals surface area contributed by atoms with Gasteiger partial charge in [-0.25, -0.2) is 0 Å². The van der Waals surface area contributed by atoms with Gasteiger partial charge in [0, 0.05) is 0 Å². The highest BCUT2D eigenvalue weighted by Gasteiger charge is 2.65. The molecule has 1 aliphatic rings. The number of allylic oxidation sites excluding steroid dienone is 2. The molecule has 6 heteroatoms. The molecule has 0 nitrogen and oxygen atoms in total. The number of halogens is 5. The summed E-state index contributed by atoms with van der Waals surface area (Å²) in [5.74, 6) is 0.382. The SMILES string of the molecule is CCCCc1ccc(C2CC=C(c3ccc(S(F)(F)(F)(F)F)cc3)CC2)cc1. The van der Waals surface area contributed by atoms with Gasteiger partial charge in [0.2, 0.25) is 0 Å². The molecule has 0 saturated carbocycles. The molecule has 0 bridgehead atoms. The van der Waals surface area contributed by atoms with Gasteiger partial charge >= 0.3 is 10.2 Å². The molecule has 1 atom stereocenters. The highest BCUT2D eigenvalue weighted by molar-refractivity contribution is 8.45. The molecule has 2 aromatic rings. The fourth-order valence-corrected chi connectivity index (χ4v) is 4.31. The molecule has 0 aromatic heterocycles. The number of hydrogen-bond donors (Lipinski definition) is 0. The molecule has 28 heavy (non-hydrogen) atoms. The lowest BCUT2D eigenvalue weighted by Crippen LogP contribution is -2.07. The lowest BCUT2D eigenvalue weighted by Gasteiger charge is -2.40. The molecular weight excluding hydrogens is 391 g/mol. The fourth-order valence-electron chi connectivity index (χ4n) is 3.66. The van der Waals surface area contributed by atoms with Crippen molar-refractivity contribution in [2.75, 3.05) is 0 Å². The third-order valence-electron chi connectivity index (χ3n) is 5.35. The lowest BCUT2D eigenvalue weighted by atomic mass is 9.82. The van der Waals surface area contributed by atoms with Crippen LogP contribution in [-0.2, 0) is 6.42 Å². The van der Waals surface area contributed by atoms with Gasteiger partial charge in [-0.2, -0.15) is 0 Å². The van der Waals surface area contributed by atoms with Crippen LogP contribution in [-0.4, -0.2) is 0 Å². The quantitative estimate of drug-likeness (QED) is 0.412. The van der Waals surface area contributed by atoms with Crippen molar-refractivity contribution in [1.29, 1.82) is 0 Å². The van der Waals surface area contributed by atoms with E-state index in [9.17, 15) is 19.4 Å². The molecule has 3 rings (SSSR count). The molecule has 154 valence electrons. The third kappa shape index (κ3) is 5.16. The standard InChI is InChI=1S/C22H25F5S/c1-2-3-4-17-5-7-18(8-6-17)19-9-11-20(12-10-19)21-13-15-22(16-14-21)28(23,24,25,26)27/h5-8,11,13-16,19H,2-4,9-10,12H2,1H3. The summed E-state index contributed by atoms with van der Waals surface area (Å²) in [6, 6.07) is 12.0. The van der Waals surface area contributed by atoms with Crippen LogP contribution in [0.3, 0.4) is 0 Å². The first kappa shape index (κ1) is 20.9. The maximum absolute atomic E-state index is 12.8. The monoisotopic (exact) mass is 416 g/mol. The molecule has 1 aliphatic carbocycles. The van der Waals surface area contributed by atoms with Crippen LogP contribution in [0.2, 0.25) is 0 Å². The lowest BCUT2D eigenvalue weighted by molar-refractivity contribution is 0.364. The zero-order valence-electron chi connectivity index (χ0n) is 15.8. The molecular formula is C22H25F5S. The van der Waals surface area contributed by atoms with Crippen molar-refractivity contribution >= 4 is 15.8 Å². The fraction of sp³-hybridized carbons (Fsp3) is 0.364. The smallest absolute Gasteiger partial charge is 0.0936 e. The zero-order valence-corrected chi connectivity index (χ0v) is 16.6. The Balaban J connectivity index is 1.69. The number of rotatable bonds is 6. The van der Waals surface area contributed by atoms with Crippen molar-refractivity contribution in [2.45, 2.75) is 56.3 Å². The number of hydrogen-bond acceptors (Lipinski definition) is 0. The Labute approximate surface area is 163 Å². The normalized spacial score (nSPS) is 20.2. The Hall–Kier alpha value is -1.82. The van der Waals surface area contributed by atoms with Crippen molar-refractivity contribution in [3.05, 3.63) is 71.3 Å². The van der Waals surface area contributed by atoms with Gasteiger partial charge in [0.25, 0.3) is 0 Å². The molecule has 0 amide bonds. The van der Waals surface area contributed by atoms with Gasteiger partial charge in [-0.05, 0) is 72.4 Å². The minimum atomic E-state index is -9.60. The number of unbranched alkanes of at least 4 members (excludes halogenated alkanes) is 1. The molecule has 0 fully saturated rings. The van der Waals surface area contributed by atoms with Crippen molar-refractivity contribution in [3.8, 4) is 0 Å². The van der Waals surface area contributed by atoms with E-state index in [0.29, 0.717) is 23.6 Å². The summed E-state index contributed by atoms with van der Waals surface area (Å²) in [7, 11) is -9.60. The predicted molar refractivity (Wildman–Crippen MR) is 107 cm³/mol. The van der Waals surface area contributed by atoms with E-state index < -0.39 is 15.1 Å². The highest BCUT2D eigenvalue weighted by atomic mass is 32.5. The van der Waals surface area contributed by atoms with E-state index in [-0.39, 0.29) is 0 Å². The minimum Gasteiger partial charge on any atom is -0.0936 e. The van der Waals surface area contributed by atoms with Gasteiger partial charge in [0.1, 0.15) is 4.90 Å². The first-order valence-corrected chi connectivity index (χ1v) is 11.5. The Morgan fingerprint density at radius 2 is 1.54 bits per heavy atom. The van der Waals surface area contributed by atoms with E-state index in [1.807, 2.05) is 6.08 Å². The molecule has 0 heterocycles. The van der Waals surface area contributed by atoms with Crippen LogP contribution in [0.4, 0.5) is 19.4 Å². The van der Waals surface area contributed by atoms with Gasteiger partial charge in [-0.3, -0.25) is 0 Å². The van der Waals surface area contributed by atoms with E-state index >= 15 is 0 Å². The van der Waals surface area contributed by atoms with Gasteiger partial charge in [-0.15, -0.1) is 0 Å². The van der Waals surface area contributed by atoms with Crippen molar-refractivity contribution in [3.63, 3.8) is 0 Å². The van der Waals surface area contributed by atoms with E-state index in [0.717, 1.165) is 43.4 Å². The Kier molecular flexibility index (Phi) is 5.15. The van der Waals surface area contributed by atoms with Gasteiger partial charge in [-0.1, -0.05) is 75.2 Å². The van der Waals surface area contributed by atoms with Gasteiger partial charge in [0.05, 0.1) is 0 Å². The second-order valence-electron chi connectivity index (χ2n) is 7.54. The number of benzene rings is 2. The molecule has 0 radical (unpaired) electrons. The molecule has 1 unspecified atom stereocenters. The summed E-state index contributed by atoms with van der Waals surface area (Å²) in [6.07, 6.45) is 7.86. The number of aryl methyl sites for hydroxylation is 1. The minimum absolute atomic E-state index is 0.382. The largest absolute Gasteiger partial charge is 0.310 e. The van der Waals surface area contributed by atoms with Crippen molar-refractivity contribution in [2.24, 2.45) is 0 Å². The van der Waals surface area contributed by atoms with Gasteiger partial charge < -0.3 is 0 Å². The van der Waals surface area contributed by atoms with Crippen LogP contribution in [0.15, 0.2) is 59.5 Å². The highest BCUT2D eigenvalue weighted by Crippen LogP contribution is 3.02. The average molecular weight is 416 g/mol. The third-order valence-corrected chi connectivity index (χ3v) is 6.51. The summed E-state index contributed by atoms with van der Waals surface area (Å²) in [5, 5.41) is 0. The van der Waals surface area contributed by atoms with Crippen LogP contribution in [0, 0.1) is 0 Å². The molecule has 0 aliphatic heterocycles. The molecule has 0 spiro atoms. The average Bonchev–Trinajstić information content (AvgIpc) is 2.65. The summed E-state index contributed by atoms with van der Waals surface area (Å²) in [6.45, 7) is 2.17. The van der Waals surface area contributed by atoms with E-state index in [1.165, 1.54) is 24.0 Å². The van der Waals surface area contributed by atoms with E-state index in [4.69, 9.17) is 0 Å². The van der Waals surface area contributed by atoms with E-state index in [2.05, 4.69) is 31.2 Å². The van der Waals surface area contributed by atoms with Crippen LogP contribution < -0.4 is 0 Å². The first-order valence-electron chi connectivity index (χ1n) is 9.58. The van der Waals surface area contributed by atoms with Crippen LogP contribution >= 0.6 is 10.2 Å². The second-order valence-corrected chi connectivity index (χ2v) is 9.95. The van der Waals surface area contributed by atoms with Crippen LogP contribution in [0.25, 0.3) is 5.57 Å². The molecule has 2 aromatic carbocycles. The zero-order chi connectivity index (χ0) is 20.5. The first-order chi connectivity index (χ1) is 13.0. The summed E-state index contributed by atoms with van der Waals surface area (Å²) in [5.41, 5.74) is 4.11. The Morgan fingerprint density at radius 3 is 2.04 bits per heavy atom. The van der Waals surface area contributed by atoms with Crippen molar-refractivity contribution < 1.29 is 19.4 Å². The van der Waals surface area contributed by atoms with E-state index in [1.54, 1.807) is 0 Å². The molecule has 0 N–H and O–H groups in total.